The summed E-state index contributed by atoms with van der Waals surface area (Å²) in [6, 6.07) is 10.7. The van der Waals surface area contributed by atoms with Gasteiger partial charge in [0.15, 0.2) is 11.5 Å². The van der Waals surface area contributed by atoms with Gasteiger partial charge in [-0.2, -0.15) is 0 Å². The maximum absolute atomic E-state index is 13.8. The average molecular weight is 554 g/mol. The van der Waals surface area contributed by atoms with Crippen LogP contribution in [0, 0.1) is 0 Å². The molecule has 0 saturated carbocycles. The standard InChI is InChI=1S/C26H36ClN3O6S/c1-7-18(3)28-26(32)22(8-2)29(16-19-11-9-10-12-21(19)27)25(31)17-30(37(6,33)34)20-13-14-23(35-4)24(15-20)36-5/h9-15,18,22H,7-8,16-17H2,1-6H3,(H,28,32)/t18-,22+/m1/s1. The first-order chi connectivity index (χ1) is 17.5. The fourth-order valence-electron chi connectivity index (χ4n) is 3.76. The fraction of sp³-hybridized carbons (Fsp3) is 0.462. The van der Waals surface area contributed by atoms with Crippen molar-refractivity contribution in [2.45, 2.75) is 52.2 Å². The predicted molar refractivity (Wildman–Crippen MR) is 146 cm³/mol. The van der Waals surface area contributed by atoms with Gasteiger partial charge >= 0.3 is 0 Å². The highest BCUT2D eigenvalue weighted by atomic mass is 35.5. The highest BCUT2D eigenvalue weighted by Gasteiger charge is 2.32. The van der Waals surface area contributed by atoms with E-state index >= 15 is 0 Å². The molecule has 204 valence electrons. The molecule has 0 aliphatic carbocycles. The molecule has 2 amide bonds. The third kappa shape index (κ3) is 8.00. The van der Waals surface area contributed by atoms with Gasteiger partial charge in [0.25, 0.3) is 0 Å². The second-order valence-corrected chi connectivity index (χ2v) is 11.0. The minimum atomic E-state index is -3.88. The Hall–Kier alpha value is -2.98. The first-order valence-corrected chi connectivity index (χ1v) is 14.2. The maximum Gasteiger partial charge on any atom is 0.244 e. The Labute approximate surface area is 224 Å². The molecule has 2 atom stereocenters. The van der Waals surface area contributed by atoms with Gasteiger partial charge in [-0.25, -0.2) is 8.42 Å². The Morgan fingerprint density at radius 2 is 1.68 bits per heavy atom. The van der Waals surface area contributed by atoms with Crippen LogP contribution in [0.25, 0.3) is 0 Å². The van der Waals surface area contributed by atoms with Crippen molar-refractivity contribution in [3.63, 3.8) is 0 Å². The highest BCUT2D eigenvalue weighted by molar-refractivity contribution is 7.92. The van der Waals surface area contributed by atoms with E-state index in [0.717, 1.165) is 17.0 Å². The molecule has 9 nitrogen and oxygen atoms in total. The molecule has 0 fully saturated rings. The number of anilines is 1. The van der Waals surface area contributed by atoms with Crippen molar-refractivity contribution in [2.24, 2.45) is 0 Å². The number of nitrogens with one attached hydrogen (secondary N) is 1. The molecule has 11 heteroatoms. The number of amides is 2. The second kappa shape index (κ2) is 13.5. The van der Waals surface area contributed by atoms with Crippen molar-refractivity contribution in [1.82, 2.24) is 10.2 Å². The van der Waals surface area contributed by atoms with E-state index < -0.39 is 28.5 Å². The summed E-state index contributed by atoms with van der Waals surface area (Å²) >= 11 is 6.37. The lowest BCUT2D eigenvalue weighted by molar-refractivity contribution is -0.140. The van der Waals surface area contributed by atoms with Crippen molar-refractivity contribution in [3.8, 4) is 11.5 Å². The Kier molecular flexibility index (Phi) is 11.1. The van der Waals surface area contributed by atoms with Crippen molar-refractivity contribution in [3.05, 3.63) is 53.1 Å². The Morgan fingerprint density at radius 1 is 1.03 bits per heavy atom. The van der Waals surface area contributed by atoms with Crippen LogP contribution in [0.3, 0.4) is 0 Å². The summed E-state index contributed by atoms with van der Waals surface area (Å²) in [5, 5.41) is 3.37. The predicted octanol–water partition coefficient (Wildman–Crippen LogP) is 3.85. The number of carbonyl (C=O) groups is 2. The number of carbonyl (C=O) groups excluding carboxylic acids is 2. The molecule has 0 aromatic heterocycles. The summed E-state index contributed by atoms with van der Waals surface area (Å²) in [7, 11) is -0.980. The Bertz CT molecular complexity index is 1190. The molecule has 37 heavy (non-hydrogen) atoms. The lowest BCUT2D eigenvalue weighted by Gasteiger charge is -2.33. The number of nitrogens with zero attached hydrogens (tertiary/aromatic N) is 2. The quantitative estimate of drug-likeness (QED) is 0.404. The van der Waals surface area contributed by atoms with Crippen molar-refractivity contribution in [2.75, 3.05) is 31.3 Å². The van der Waals surface area contributed by atoms with E-state index in [-0.39, 0.29) is 24.2 Å². The Balaban J connectivity index is 2.50. The maximum atomic E-state index is 13.8. The zero-order valence-electron chi connectivity index (χ0n) is 22.2. The Morgan fingerprint density at radius 3 is 2.22 bits per heavy atom. The van der Waals surface area contributed by atoms with Gasteiger partial charge in [0, 0.05) is 23.7 Å². The zero-order chi connectivity index (χ0) is 27.8. The number of methoxy groups -OCH3 is 2. The molecule has 0 unspecified atom stereocenters. The van der Waals surface area contributed by atoms with Crippen LogP contribution in [0.2, 0.25) is 5.02 Å². The van der Waals surface area contributed by atoms with Crippen molar-refractivity contribution < 1.29 is 27.5 Å². The molecular formula is C26H36ClN3O6S. The molecule has 0 heterocycles. The highest BCUT2D eigenvalue weighted by Crippen LogP contribution is 2.32. The van der Waals surface area contributed by atoms with Crippen LogP contribution in [0.4, 0.5) is 5.69 Å². The molecule has 0 saturated heterocycles. The number of benzene rings is 2. The molecule has 2 aromatic rings. The van der Waals surface area contributed by atoms with Crippen LogP contribution in [-0.2, 0) is 26.2 Å². The topological polar surface area (TPSA) is 105 Å². The zero-order valence-corrected chi connectivity index (χ0v) is 23.7. The molecule has 0 aliphatic rings. The number of hydrogen-bond donors (Lipinski definition) is 1. The van der Waals surface area contributed by atoms with Gasteiger partial charge < -0.3 is 19.7 Å². The molecule has 0 spiro atoms. The number of hydrogen-bond acceptors (Lipinski definition) is 6. The number of sulfonamides is 1. The number of halogens is 1. The van der Waals surface area contributed by atoms with Gasteiger partial charge in [0.2, 0.25) is 21.8 Å². The summed E-state index contributed by atoms with van der Waals surface area (Å²) in [5.74, 6) is -0.131. The van der Waals surface area contributed by atoms with E-state index in [1.54, 1.807) is 37.3 Å². The molecule has 2 aromatic carbocycles. The SMILES string of the molecule is CC[C@@H](C)NC(=O)[C@H](CC)N(Cc1ccccc1Cl)C(=O)CN(c1ccc(OC)c(OC)c1)S(C)(=O)=O. The molecular weight excluding hydrogens is 518 g/mol. The van der Waals surface area contributed by atoms with E-state index in [9.17, 15) is 18.0 Å². The van der Waals surface area contributed by atoms with E-state index in [0.29, 0.717) is 28.5 Å². The lowest BCUT2D eigenvalue weighted by atomic mass is 10.1. The van der Waals surface area contributed by atoms with Gasteiger partial charge in [-0.3, -0.25) is 13.9 Å². The summed E-state index contributed by atoms with van der Waals surface area (Å²) in [6.07, 6.45) is 2.07. The smallest absolute Gasteiger partial charge is 0.244 e. The van der Waals surface area contributed by atoms with Crippen LogP contribution >= 0.6 is 11.6 Å². The fourth-order valence-corrected chi connectivity index (χ4v) is 4.80. The minimum absolute atomic E-state index is 0.0362. The monoisotopic (exact) mass is 553 g/mol. The summed E-state index contributed by atoms with van der Waals surface area (Å²) in [4.78, 5) is 28.3. The largest absolute Gasteiger partial charge is 0.493 e. The van der Waals surface area contributed by atoms with Crippen LogP contribution in [0.5, 0.6) is 11.5 Å². The molecule has 0 radical (unpaired) electrons. The van der Waals surface area contributed by atoms with E-state index in [2.05, 4.69) is 5.32 Å². The van der Waals surface area contributed by atoms with E-state index in [4.69, 9.17) is 21.1 Å². The normalized spacial score (nSPS) is 12.8. The van der Waals surface area contributed by atoms with Gasteiger partial charge in [-0.15, -0.1) is 0 Å². The minimum Gasteiger partial charge on any atom is -0.493 e. The van der Waals surface area contributed by atoms with E-state index in [1.165, 1.54) is 31.3 Å². The third-order valence-corrected chi connectivity index (χ3v) is 7.53. The van der Waals surface area contributed by atoms with Crippen LogP contribution in [0.1, 0.15) is 39.2 Å². The number of rotatable bonds is 13. The van der Waals surface area contributed by atoms with Gasteiger partial charge in [0.1, 0.15) is 12.6 Å². The first-order valence-electron chi connectivity index (χ1n) is 12.0. The van der Waals surface area contributed by atoms with Crippen molar-refractivity contribution in [1.29, 1.82) is 0 Å². The summed E-state index contributed by atoms with van der Waals surface area (Å²) in [6.45, 7) is 5.15. The van der Waals surface area contributed by atoms with Gasteiger partial charge in [0.05, 0.1) is 26.2 Å². The van der Waals surface area contributed by atoms with Gasteiger partial charge in [-0.1, -0.05) is 43.6 Å². The number of ether oxygens (including phenoxy) is 2. The van der Waals surface area contributed by atoms with Crippen LogP contribution in [-0.4, -0.2) is 64.2 Å². The van der Waals surface area contributed by atoms with Gasteiger partial charge in [-0.05, 0) is 43.5 Å². The molecule has 1 N–H and O–H groups in total. The molecule has 2 rings (SSSR count). The summed E-state index contributed by atoms with van der Waals surface area (Å²) in [5.41, 5.74) is 0.868. The van der Waals surface area contributed by atoms with Crippen LogP contribution < -0.4 is 19.1 Å². The molecule has 0 bridgehead atoms. The summed E-state index contributed by atoms with van der Waals surface area (Å²) < 4.78 is 37.1. The second-order valence-electron chi connectivity index (χ2n) is 8.66. The van der Waals surface area contributed by atoms with Crippen LogP contribution in [0.15, 0.2) is 42.5 Å². The van der Waals surface area contributed by atoms with E-state index in [1.807, 2.05) is 13.8 Å². The third-order valence-electron chi connectivity index (χ3n) is 6.02. The van der Waals surface area contributed by atoms with Crippen molar-refractivity contribution >= 4 is 39.1 Å². The lowest BCUT2D eigenvalue weighted by Crippen LogP contribution is -2.53. The molecule has 0 aliphatic heterocycles. The first kappa shape index (κ1) is 30.2. The average Bonchev–Trinajstić information content (AvgIpc) is 2.86.